The van der Waals surface area contributed by atoms with E-state index in [4.69, 9.17) is 11.6 Å². The standard InChI is InChI=1S/C13H20ClN3OS.ClH/c1-16(10-11-2-3-12(14)19-11)7-4-13(18)17-8-5-15-6-9-17;/h2-3,15H,4-10H2,1H3;1H. The number of amides is 1. The monoisotopic (exact) mass is 337 g/mol. The molecule has 1 amide bonds. The van der Waals surface area contributed by atoms with Gasteiger partial charge >= 0.3 is 0 Å². The summed E-state index contributed by atoms with van der Waals surface area (Å²) in [6.07, 6.45) is 0.593. The van der Waals surface area contributed by atoms with Crippen molar-refractivity contribution in [2.24, 2.45) is 0 Å². The largest absolute Gasteiger partial charge is 0.340 e. The maximum absolute atomic E-state index is 12.0. The highest BCUT2D eigenvalue weighted by atomic mass is 35.5. The van der Waals surface area contributed by atoms with Gasteiger partial charge in [0.15, 0.2) is 0 Å². The first-order valence-corrected chi connectivity index (χ1v) is 7.76. The van der Waals surface area contributed by atoms with Crippen molar-refractivity contribution in [1.29, 1.82) is 0 Å². The average Bonchev–Trinajstić information content (AvgIpc) is 2.82. The normalized spacial score (nSPS) is 15.2. The predicted octanol–water partition coefficient (Wildman–Crippen LogP) is 2.08. The molecular formula is C13H21Cl2N3OS. The van der Waals surface area contributed by atoms with Crippen LogP contribution < -0.4 is 5.32 Å². The third-order valence-corrected chi connectivity index (χ3v) is 4.45. The van der Waals surface area contributed by atoms with Crippen molar-refractivity contribution in [1.82, 2.24) is 15.1 Å². The van der Waals surface area contributed by atoms with Crippen LogP contribution in [0.25, 0.3) is 0 Å². The van der Waals surface area contributed by atoms with Crippen LogP contribution in [-0.2, 0) is 11.3 Å². The van der Waals surface area contributed by atoms with Crippen LogP contribution in [0.4, 0.5) is 0 Å². The van der Waals surface area contributed by atoms with Crippen LogP contribution in [0, 0.1) is 0 Å². The number of nitrogens with zero attached hydrogens (tertiary/aromatic N) is 2. The summed E-state index contributed by atoms with van der Waals surface area (Å²) in [5.41, 5.74) is 0. The molecule has 0 aliphatic carbocycles. The number of hydrogen-bond acceptors (Lipinski definition) is 4. The number of halogens is 2. The molecule has 1 saturated heterocycles. The minimum atomic E-state index is 0. The van der Waals surface area contributed by atoms with Crippen molar-refractivity contribution in [2.75, 3.05) is 39.8 Å². The van der Waals surface area contributed by atoms with Crippen molar-refractivity contribution >= 4 is 41.3 Å². The zero-order valence-corrected chi connectivity index (χ0v) is 14.0. The molecule has 7 heteroatoms. The molecule has 0 unspecified atom stereocenters. The summed E-state index contributed by atoms with van der Waals surface area (Å²) in [5, 5.41) is 3.25. The molecule has 1 aromatic rings. The van der Waals surface area contributed by atoms with E-state index in [9.17, 15) is 4.79 Å². The lowest BCUT2D eigenvalue weighted by atomic mass is 10.3. The fourth-order valence-electron chi connectivity index (χ4n) is 2.14. The molecule has 2 heterocycles. The van der Waals surface area contributed by atoms with E-state index in [2.05, 4.69) is 10.2 Å². The second-order valence-electron chi connectivity index (χ2n) is 4.82. The fraction of sp³-hybridized carbons (Fsp3) is 0.615. The molecule has 1 aliphatic heterocycles. The van der Waals surface area contributed by atoms with Crippen LogP contribution in [0.15, 0.2) is 12.1 Å². The molecule has 0 spiro atoms. The van der Waals surface area contributed by atoms with Gasteiger partial charge in [-0.3, -0.25) is 4.79 Å². The first-order chi connectivity index (χ1) is 9.15. The van der Waals surface area contributed by atoms with Gasteiger partial charge in [-0.05, 0) is 19.2 Å². The van der Waals surface area contributed by atoms with Gasteiger partial charge in [-0.15, -0.1) is 23.7 Å². The summed E-state index contributed by atoms with van der Waals surface area (Å²) in [6.45, 7) is 5.14. The highest BCUT2D eigenvalue weighted by Crippen LogP contribution is 2.22. The van der Waals surface area contributed by atoms with Gasteiger partial charge in [0, 0.05) is 50.6 Å². The van der Waals surface area contributed by atoms with Gasteiger partial charge < -0.3 is 15.1 Å². The summed E-state index contributed by atoms with van der Waals surface area (Å²) in [7, 11) is 2.04. The van der Waals surface area contributed by atoms with Crippen LogP contribution >= 0.6 is 35.3 Å². The van der Waals surface area contributed by atoms with Crippen molar-refractivity contribution < 1.29 is 4.79 Å². The van der Waals surface area contributed by atoms with E-state index < -0.39 is 0 Å². The zero-order valence-electron chi connectivity index (χ0n) is 11.6. The van der Waals surface area contributed by atoms with Crippen LogP contribution in [0.3, 0.4) is 0 Å². The second kappa shape index (κ2) is 8.85. The Morgan fingerprint density at radius 2 is 2.15 bits per heavy atom. The third kappa shape index (κ3) is 5.58. The van der Waals surface area contributed by atoms with Crippen molar-refractivity contribution in [2.45, 2.75) is 13.0 Å². The highest BCUT2D eigenvalue weighted by Gasteiger charge is 2.16. The Kier molecular flexibility index (Phi) is 7.84. The van der Waals surface area contributed by atoms with Gasteiger partial charge in [0.25, 0.3) is 0 Å². The minimum absolute atomic E-state index is 0. The van der Waals surface area contributed by atoms with Crippen LogP contribution in [-0.4, -0.2) is 55.5 Å². The summed E-state index contributed by atoms with van der Waals surface area (Å²) < 4.78 is 0.820. The van der Waals surface area contributed by atoms with Crippen LogP contribution in [0.5, 0.6) is 0 Å². The molecule has 0 radical (unpaired) electrons. The lowest BCUT2D eigenvalue weighted by molar-refractivity contribution is -0.132. The number of piperazine rings is 1. The first-order valence-electron chi connectivity index (χ1n) is 6.56. The maximum Gasteiger partial charge on any atom is 0.223 e. The number of nitrogens with one attached hydrogen (secondary N) is 1. The fourth-order valence-corrected chi connectivity index (χ4v) is 3.31. The van der Waals surface area contributed by atoms with E-state index in [1.165, 1.54) is 4.88 Å². The number of hydrogen-bond donors (Lipinski definition) is 1. The Hall–Kier alpha value is -0.330. The molecule has 1 N–H and O–H groups in total. The molecule has 1 fully saturated rings. The van der Waals surface area contributed by atoms with E-state index in [0.29, 0.717) is 6.42 Å². The van der Waals surface area contributed by atoms with Gasteiger partial charge in [-0.1, -0.05) is 11.6 Å². The molecule has 0 saturated carbocycles. The SMILES string of the molecule is CN(CCC(=O)N1CCNCC1)Cc1ccc(Cl)s1.Cl. The molecule has 0 bridgehead atoms. The predicted molar refractivity (Wildman–Crippen MR) is 87.0 cm³/mol. The molecule has 0 atom stereocenters. The Morgan fingerprint density at radius 1 is 1.45 bits per heavy atom. The van der Waals surface area contributed by atoms with Crippen LogP contribution in [0.1, 0.15) is 11.3 Å². The smallest absolute Gasteiger partial charge is 0.223 e. The number of carbonyl (C=O) groups is 1. The van der Waals surface area contributed by atoms with E-state index in [1.54, 1.807) is 11.3 Å². The number of thiophene rings is 1. The lowest BCUT2D eigenvalue weighted by Crippen LogP contribution is -2.46. The quantitative estimate of drug-likeness (QED) is 0.893. The van der Waals surface area contributed by atoms with Crippen molar-refractivity contribution in [3.8, 4) is 0 Å². The number of rotatable bonds is 5. The van der Waals surface area contributed by atoms with E-state index in [0.717, 1.165) is 43.6 Å². The van der Waals surface area contributed by atoms with E-state index in [-0.39, 0.29) is 18.3 Å². The topological polar surface area (TPSA) is 35.6 Å². The Morgan fingerprint density at radius 3 is 2.75 bits per heavy atom. The third-order valence-electron chi connectivity index (χ3n) is 3.23. The molecule has 1 aromatic heterocycles. The molecule has 2 rings (SSSR count). The van der Waals surface area contributed by atoms with Crippen molar-refractivity contribution in [3.63, 3.8) is 0 Å². The van der Waals surface area contributed by atoms with Crippen molar-refractivity contribution in [3.05, 3.63) is 21.3 Å². The molecule has 0 aromatic carbocycles. The summed E-state index contributed by atoms with van der Waals surface area (Å²) in [6, 6.07) is 3.96. The zero-order chi connectivity index (χ0) is 13.7. The molecule has 1 aliphatic rings. The Labute approximate surface area is 135 Å². The average molecular weight is 338 g/mol. The molecule has 4 nitrogen and oxygen atoms in total. The Balaban J connectivity index is 0.00000200. The van der Waals surface area contributed by atoms with Gasteiger partial charge in [0.05, 0.1) is 4.34 Å². The summed E-state index contributed by atoms with van der Waals surface area (Å²) in [4.78, 5) is 17.4. The Bertz CT molecular complexity index is 422. The minimum Gasteiger partial charge on any atom is -0.340 e. The van der Waals surface area contributed by atoms with E-state index in [1.807, 2.05) is 24.1 Å². The molecular weight excluding hydrogens is 317 g/mol. The van der Waals surface area contributed by atoms with Crippen LogP contribution in [0.2, 0.25) is 4.34 Å². The first kappa shape index (κ1) is 17.7. The highest BCUT2D eigenvalue weighted by molar-refractivity contribution is 7.16. The van der Waals surface area contributed by atoms with E-state index >= 15 is 0 Å². The molecule has 114 valence electrons. The van der Waals surface area contributed by atoms with Gasteiger partial charge in [-0.25, -0.2) is 0 Å². The summed E-state index contributed by atoms with van der Waals surface area (Å²) in [5.74, 6) is 0.262. The van der Waals surface area contributed by atoms with Gasteiger partial charge in [0.2, 0.25) is 5.91 Å². The lowest BCUT2D eigenvalue weighted by Gasteiger charge is -2.28. The molecule has 20 heavy (non-hydrogen) atoms. The maximum atomic E-state index is 12.0. The number of carbonyl (C=O) groups excluding carboxylic acids is 1. The van der Waals surface area contributed by atoms with Gasteiger partial charge in [-0.2, -0.15) is 0 Å². The van der Waals surface area contributed by atoms with Gasteiger partial charge in [0.1, 0.15) is 0 Å². The summed E-state index contributed by atoms with van der Waals surface area (Å²) >= 11 is 7.50. The second-order valence-corrected chi connectivity index (χ2v) is 6.62.